The van der Waals surface area contributed by atoms with E-state index in [-0.39, 0.29) is 5.91 Å². The number of nitrogens with zero attached hydrogens (tertiary/aromatic N) is 2. The first kappa shape index (κ1) is 16.6. The van der Waals surface area contributed by atoms with Gasteiger partial charge < -0.3 is 10.4 Å². The third kappa shape index (κ3) is 3.99. The van der Waals surface area contributed by atoms with Gasteiger partial charge in [-0.2, -0.15) is 0 Å². The number of carbonyl (C=O) groups excluding carboxylic acids is 1. The molecule has 1 amide bonds. The molecule has 1 atom stereocenters. The van der Waals surface area contributed by atoms with Crippen molar-refractivity contribution in [1.82, 2.24) is 9.88 Å². The van der Waals surface area contributed by atoms with Crippen LogP contribution in [0, 0.1) is 0 Å². The Morgan fingerprint density at radius 1 is 1.29 bits per heavy atom. The summed E-state index contributed by atoms with van der Waals surface area (Å²) >= 11 is 0. The molecule has 2 aromatic rings. The van der Waals surface area contributed by atoms with Crippen LogP contribution in [0.3, 0.4) is 0 Å². The number of nitrogens with one attached hydrogen (secondary N) is 1. The number of anilines is 1. The Balaban J connectivity index is 1.73. The Morgan fingerprint density at radius 3 is 2.71 bits per heavy atom. The number of aromatic nitrogens is 1. The maximum atomic E-state index is 12.4. The summed E-state index contributed by atoms with van der Waals surface area (Å²) in [6, 6.07) is 13.3. The van der Waals surface area contributed by atoms with Crippen LogP contribution in [-0.2, 0) is 4.79 Å². The zero-order valence-corrected chi connectivity index (χ0v) is 13.9. The van der Waals surface area contributed by atoms with Gasteiger partial charge >= 0.3 is 0 Å². The van der Waals surface area contributed by atoms with Gasteiger partial charge in [-0.3, -0.25) is 14.7 Å². The molecule has 1 aliphatic carbocycles. The number of likely N-dealkylation sites (N-methyl/N-ethyl adjacent to an activating group) is 1. The van der Waals surface area contributed by atoms with Gasteiger partial charge in [-0.1, -0.05) is 31.2 Å². The van der Waals surface area contributed by atoms with E-state index in [4.69, 9.17) is 0 Å². The summed E-state index contributed by atoms with van der Waals surface area (Å²) in [5, 5.41) is 13.5. The summed E-state index contributed by atoms with van der Waals surface area (Å²) in [7, 11) is 0. The molecule has 0 aliphatic heterocycles. The lowest BCUT2D eigenvalue weighted by Crippen LogP contribution is -2.34. The summed E-state index contributed by atoms with van der Waals surface area (Å²) in [5.74, 6) is -0.0515. The van der Waals surface area contributed by atoms with Crippen LogP contribution >= 0.6 is 0 Å². The number of aliphatic hydroxyl groups excluding tert-OH is 1. The number of carbonyl (C=O) groups is 1. The van der Waals surface area contributed by atoms with E-state index in [0.717, 1.165) is 6.54 Å². The molecule has 0 saturated heterocycles. The molecule has 24 heavy (non-hydrogen) atoms. The summed E-state index contributed by atoms with van der Waals surface area (Å²) in [6.45, 7) is 3.33. The number of benzene rings is 1. The fourth-order valence-corrected chi connectivity index (χ4v) is 2.86. The van der Waals surface area contributed by atoms with Crippen LogP contribution in [-0.4, -0.2) is 40.0 Å². The van der Waals surface area contributed by atoms with Crippen LogP contribution in [0.1, 0.15) is 37.1 Å². The van der Waals surface area contributed by atoms with Crippen LogP contribution in [0.15, 0.2) is 48.7 Å². The third-order valence-electron chi connectivity index (χ3n) is 4.31. The van der Waals surface area contributed by atoms with E-state index in [1.165, 1.54) is 12.8 Å². The van der Waals surface area contributed by atoms with Crippen LogP contribution < -0.4 is 5.32 Å². The molecule has 1 aliphatic rings. The highest BCUT2D eigenvalue weighted by molar-refractivity contribution is 5.93. The molecule has 1 unspecified atom stereocenters. The first-order chi connectivity index (χ1) is 11.7. The molecule has 0 radical (unpaired) electrons. The lowest BCUT2D eigenvalue weighted by atomic mass is 10.0. The molecule has 1 aromatic carbocycles. The number of para-hydroxylation sites is 1. The van der Waals surface area contributed by atoms with Gasteiger partial charge in [0.25, 0.3) is 0 Å². The van der Waals surface area contributed by atoms with Crippen molar-refractivity contribution in [3.05, 3.63) is 59.9 Å². The molecular weight excluding hydrogens is 302 g/mol. The van der Waals surface area contributed by atoms with Gasteiger partial charge in [0.2, 0.25) is 5.91 Å². The minimum absolute atomic E-state index is 0.0515. The van der Waals surface area contributed by atoms with Gasteiger partial charge in [0.15, 0.2) is 0 Å². The lowest BCUT2D eigenvalue weighted by molar-refractivity contribution is -0.117. The molecule has 1 fully saturated rings. The minimum atomic E-state index is -0.867. The average molecular weight is 325 g/mol. The second-order valence-electron chi connectivity index (χ2n) is 6.09. The quantitative estimate of drug-likeness (QED) is 0.821. The highest BCUT2D eigenvalue weighted by Gasteiger charge is 2.29. The maximum absolute atomic E-state index is 12.4. The molecule has 5 nitrogen and oxygen atoms in total. The fourth-order valence-electron chi connectivity index (χ4n) is 2.86. The number of pyridine rings is 1. The molecule has 0 spiro atoms. The van der Waals surface area contributed by atoms with Gasteiger partial charge in [0, 0.05) is 23.5 Å². The number of hydrogen-bond donors (Lipinski definition) is 2. The standard InChI is InChI=1S/C19H23N3O2/c1-2-22(14-10-11-14)13-18(23)21-16-8-4-3-7-15(16)19(24)17-9-5-6-12-20-17/h3-9,12,14,19,24H,2,10-11,13H2,1H3,(H,21,23). The van der Waals surface area contributed by atoms with Gasteiger partial charge in [-0.25, -0.2) is 0 Å². The Morgan fingerprint density at radius 2 is 2.04 bits per heavy atom. The van der Waals surface area contributed by atoms with Crippen molar-refractivity contribution in [3.63, 3.8) is 0 Å². The van der Waals surface area contributed by atoms with Gasteiger partial charge in [-0.15, -0.1) is 0 Å². The predicted molar refractivity (Wildman–Crippen MR) is 93.6 cm³/mol. The Labute approximate surface area is 142 Å². The van der Waals surface area contributed by atoms with Gasteiger partial charge in [0.05, 0.1) is 12.2 Å². The average Bonchev–Trinajstić information content (AvgIpc) is 3.45. The summed E-state index contributed by atoms with van der Waals surface area (Å²) in [6.07, 6.45) is 3.13. The lowest BCUT2D eigenvalue weighted by Gasteiger charge is -2.20. The number of aliphatic hydroxyl groups is 1. The molecule has 2 N–H and O–H groups in total. The Hall–Kier alpha value is -2.24. The largest absolute Gasteiger partial charge is 0.382 e. The van der Waals surface area contributed by atoms with Crippen molar-refractivity contribution in [2.45, 2.75) is 31.9 Å². The van der Waals surface area contributed by atoms with Crippen molar-refractivity contribution in [2.75, 3.05) is 18.4 Å². The van der Waals surface area contributed by atoms with Gasteiger partial charge in [-0.05, 0) is 37.6 Å². The normalized spacial score (nSPS) is 15.3. The molecule has 0 bridgehead atoms. The van der Waals surface area contributed by atoms with E-state index in [0.29, 0.717) is 29.5 Å². The Kier molecular flexibility index (Phi) is 5.23. The second kappa shape index (κ2) is 7.55. The Bertz CT molecular complexity index is 686. The highest BCUT2D eigenvalue weighted by atomic mass is 16.3. The van der Waals surface area contributed by atoms with Crippen LogP contribution in [0.5, 0.6) is 0 Å². The third-order valence-corrected chi connectivity index (χ3v) is 4.31. The monoisotopic (exact) mass is 325 g/mol. The maximum Gasteiger partial charge on any atom is 0.238 e. The van der Waals surface area contributed by atoms with E-state index in [2.05, 4.69) is 22.1 Å². The summed E-state index contributed by atoms with van der Waals surface area (Å²) in [5.41, 5.74) is 1.85. The molecule has 126 valence electrons. The topological polar surface area (TPSA) is 65.5 Å². The minimum Gasteiger partial charge on any atom is -0.382 e. The van der Waals surface area contributed by atoms with E-state index < -0.39 is 6.10 Å². The fraction of sp³-hybridized carbons (Fsp3) is 0.368. The first-order valence-corrected chi connectivity index (χ1v) is 8.41. The van der Waals surface area contributed by atoms with Crippen molar-refractivity contribution < 1.29 is 9.90 Å². The first-order valence-electron chi connectivity index (χ1n) is 8.41. The van der Waals surface area contributed by atoms with Crippen molar-refractivity contribution in [3.8, 4) is 0 Å². The van der Waals surface area contributed by atoms with E-state index >= 15 is 0 Å². The molecule has 1 heterocycles. The number of amides is 1. The van der Waals surface area contributed by atoms with Crippen molar-refractivity contribution in [2.24, 2.45) is 0 Å². The SMILES string of the molecule is CCN(CC(=O)Nc1ccccc1C(O)c1ccccn1)C1CC1. The molecule has 3 rings (SSSR count). The van der Waals surface area contributed by atoms with Crippen molar-refractivity contribution >= 4 is 11.6 Å². The second-order valence-corrected chi connectivity index (χ2v) is 6.09. The molecular formula is C19H23N3O2. The number of rotatable bonds is 7. The van der Waals surface area contributed by atoms with Crippen LogP contribution in [0.2, 0.25) is 0 Å². The molecule has 1 aromatic heterocycles. The molecule has 1 saturated carbocycles. The van der Waals surface area contributed by atoms with Crippen molar-refractivity contribution in [1.29, 1.82) is 0 Å². The van der Waals surface area contributed by atoms with E-state index in [1.807, 2.05) is 30.3 Å². The molecule has 5 heteroatoms. The van der Waals surface area contributed by atoms with Gasteiger partial charge in [0.1, 0.15) is 6.10 Å². The zero-order valence-electron chi connectivity index (χ0n) is 13.9. The predicted octanol–water partition coefficient (Wildman–Crippen LogP) is 2.59. The smallest absolute Gasteiger partial charge is 0.238 e. The zero-order chi connectivity index (χ0) is 16.9. The van der Waals surface area contributed by atoms with E-state index in [1.54, 1.807) is 18.3 Å². The van der Waals surface area contributed by atoms with Crippen LogP contribution in [0.4, 0.5) is 5.69 Å². The summed E-state index contributed by atoms with van der Waals surface area (Å²) < 4.78 is 0. The summed E-state index contributed by atoms with van der Waals surface area (Å²) in [4.78, 5) is 18.8. The number of hydrogen-bond acceptors (Lipinski definition) is 4. The van der Waals surface area contributed by atoms with Crippen LogP contribution in [0.25, 0.3) is 0 Å². The highest BCUT2D eigenvalue weighted by Crippen LogP contribution is 2.28. The van der Waals surface area contributed by atoms with E-state index in [9.17, 15) is 9.90 Å².